The minimum Gasteiger partial charge on any atom is -0.494 e. The van der Waals surface area contributed by atoms with E-state index in [1.54, 1.807) is 18.2 Å². The van der Waals surface area contributed by atoms with E-state index in [2.05, 4.69) is 12.2 Å². The molecule has 1 atom stereocenters. The van der Waals surface area contributed by atoms with Crippen LogP contribution in [0.1, 0.15) is 18.5 Å². The molecule has 2 rings (SSSR count). The van der Waals surface area contributed by atoms with Gasteiger partial charge in [-0.1, -0.05) is 36.4 Å². The summed E-state index contributed by atoms with van der Waals surface area (Å²) in [4.78, 5) is 0. The standard InChI is InChI=1S/C16H18FNO/c1-11(18-2)12-7-9-13(10-8-12)14-5-4-6-15(19-3)16(14)17/h4-11,18H,1-3H3. The summed E-state index contributed by atoms with van der Waals surface area (Å²) >= 11 is 0. The summed E-state index contributed by atoms with van der Waals surface area (Å²) in [5, 5.41) is 3.18. The first-order chi connectivity index (χ1) is 9.17. The van der Waals surface area contributed by atoms with Crippen LogP contribution in [0.5, 0.6) is 5.75 Å². The van der Waals surface area contributed by atoms with Gasteiger partial charge in [-0.25, -0.2) is 4.39 Å². The molecule has 0 saturated carbocycles. The van der Waals surface area contributed by atoms with E-state index in [4.69, 9.17) is 4.74 Å². The summed E-state index contributed by atoms with van der Waals surface area (Å²) in [6.45, 7) is 2.08. The van der Waals surface area contributed by atoms with Crippen molar-refractivity contribution in [2.45, 2.75) is 13.0 Å². The average Bonchev–Trinajstić information content (AvgIpc) is 2.47. The molecular weight excluding hydrogens is 241 g/mol. The Morgan fingerprint density at radius 1 is 1.11 bits per heavy atom. The second kappa shape index (κ2) is 5.85. The molecule has 3 heteroatoms. The van der Waals surface area contributed by atoms with Crippen LogP contribution in [0, 0.1) is 5.82 Å². The highest BCUT2D eigenvalue weighted by Gasteiger charge is 2.10. The number of rotatable bonds is 4. The maximum absolute atomic E-state index is 14.1. The Labute approximate surface area is 113 Å². The second-order valence-corrected chi connectivity index (χ2v) is 4.45. The molecule has 0 aliphatic rings. The van der Waals surface area contributed by atoms with Crippen molar-refractivity contribution in [1.29, 1.82) is 0 Å². The fourth-order valence-electron chi connectivity index (χ4n) is 2.01. The summed E-state index contributed by atoms with van der Waals surface area (Å²) in [5.41, 5.74) is 2.58. The number of methoxy groups -OCH3 is 1. The molecule has 1 unspecified atom stereocenters. The summed E-state index contributed by atoms with van der Waals surface area (Å²) < 4.78 is 19.1. The highest BCUT2D eigenvalue weighted by atomic mass is 19.1. The third-order valence-electron chi connectivity index (χ3n) is 3.34. The predicted octanol–water partition coefficient (Wildman–Crippen LogP) is 3.78. The highest BCUT2D eigenvalue weighted by molar-refractivity contribution is 5.66. The van der Waals surface area contributed by atoms with E-state index in [-0.39, 0.29) is 17.6 Å². The molecule has 0 aliphatic carbocycles. The Kier molecular flexibility index (Phi) is 4.17. The minimum atomic E-state index is -0.320. The fourth-order valence-corrected chi connectivity index (χ4v) is 2.01. The van der Waals surface area contributed by atoms with Crippen molar-refractivity contribution in [2.24, 2.45) is 0 Å². The molecule has 0 spiro atoms. The van der Waals surface area contributed by atoms with Crippen LogP contribution in [0.15, 0.2) is 42.5 Å². The first-order valence-electron chi connectivity index (χ1n) is 6.27. The summed E-state index contributed by atoms with van der Waals surface area (Å²) in [7, 11) is 3.39. The molecule has 2 nitrogen and oxygen atoms in total. The lowest BCUT2D eigenvalue weighted by Gasteiger charge is -2.12. The van der Waals surface area contributed by atoms with Crippen molar-refractivity contribution in [2.75, 3.05) is 14.2 Å². The maximum Gasteiger partial charge on any atom is 0.172 e. The van der Waals surface area contributed by atoms with E-state index in [1.165, 1.54) is 12.7 Å². The molecule has 0 aromatic heterocycles. The summed E-state index contributed by atoms with van der Waals surface area (Å²) in [6, 6.07) is 13.3. The van der Waals surface area contributed by atoms with E-state index in [0.717, 1.165) is 5.56 Å². The fraction of sp³-hybridized carbons (Fsp3) is 0.250. The predicted molar refractivity (Wildman–Crippen MR) is 75.9 cm³/mol. The highest BCUT2D eigenvalue weighted by Crippen LogP contribution is 2.29. The maximum atomic E-state index is 14.1. The second-order valence-electron chi connectivity index (χ2n) is 4.45. The van der Waals surface area contributed by atoms with Gasteiger partial charge in [0.05, 0.1) is 7.11 Å². The lowest BCUT2D eigenvalue weighted by molar-refractivity contribution is 0.387. The Morgan fingerprint density at radius 2 is 1.79 bits per heavy atom. The SMILES string of the molecule is CNC(C)c1ccc(-c2cccc(OC)c2F)cc1. The van der Waals surface area contributed by atoms with Gasteiger partial charge in [0, 0.05) is 11.6 Å². The number of benzene rings is 2. The Morgan fingerprint density at radius 3 is 2.37 bits per heavy atom. The van der Waals surface area contributed by atoms with Gasteiger partial charge in [0.25, 0.3) is 0 Å². The van der Waals surface area contributed by atoms with Crippen molar-refractivity contribution in [3.05, 3.63) is 53.8 Å². The van der Waals surface area contributed by atoms with Crippen LogP contribution in [0.3, 0.4) is 0 Å². The molecule has 0 saturated heterocycles. The Balaban J connectivity index is 2.37. The van der Waals surface area contributed by atoms with Gasteiger partial charge in [0.1, 0.15) is 0 Å². The summed E-state index contributed by atoms with van der Waals surface area (Å²) in [5.74, 6) is -0.0513. The van der Waals surface area contributed by atoms with Crippen molar-refractivity contribution in [1.82, 2.24) is 5.32 Å². The average molecular weight is 259 g/mol. The third-order valence-corrected chi connectivity index (χ3v) is 3.34. The molecule has 19 heavy (non-hydrogen) atoms. The van der Waals surface area contributed by atoms with Crippen molar-refractivity contribution >= 4 is 0 Å². The van der Waals surface area contributed by atoms with E-state index < -0.39 is 0 Å². The van der Waals surface area contributed by atoms with Gasteiger partial charge in [-0.05, 0) is 31.2 Å². The van der Waals surface area contributed by atoms with Gasteiger partial charge >= 0.3 is 0 Å². The number of ether oxygens (including phenoxy) is 1. The smallest absolute Gasteiger partial charge is 0.172 e. The van der Waals surface area contributed by atoms with Crippen LogP contribution in [0.2, 0.25) is 0 Å². The zero-order chi connectivity index (χ0) is 13.8. The minimum absolute atomic E-state index is 0.269. The van der Waals surface area contributed by atoms with Gasteiger partial charge in [-0.3, -0.25) is 0 Å². The molecule has 2 aromatic carbocycles. The lowest BCUT2D eigenvalue weighted by atomic mass is 10.0. The molecule has 0 amide bonds. The van der Waals surface area contributed by atoms with E-state index in [0.29, 0.717) is 5.56 Å². The number of hydrogen-bond acceptors (Lipinski definition) is 2. The molecule has 2 aromatic rings. The molecule has 0 heterocycles. The van der Waals surface area contributed by atoms with Crippen molar-refractivity contribution in [3.63, 3.8) is 0 Å². The largest absolute Gasteiger partial charge is 0.494 e. The van der Waals surface area contributed by atoms with E-state index in [1.807, 2.05) is 31.3 Å². The monoisotopic (exact) mass is 259 g/mol. The number of hydrogen-bond donors (Lipinski definition) is 1. The van der Waals surface area contributed by atoms with Gasteiger partial charge < -0.3 is 10.1 Å². The number of nitrogens with one attached hydrogen (secondary N) is 1. The van der Waals surface area contributed by atoms with E-state index >= 15 is 0 Å². The van der Waals surface area contributed by atoms with Gasteiger partial charge in [0.15, 0.2) is 11.6 Å². The molecular formula is C16H18FNO. The van der Waals surface area contributed by atoms with Crippen LogP contribution in [-0.4, -0.2) is 14.2 Å². The van der Waals surface area contributed by atoms with Gasteiger partial charge in [0.2, 0.25) is 0 Å². The first kappa shape index (κ1) is 13.6. The molecule has 0 aliphatic heterocycles. The van der Waals surface area contributed by atoms with Crippen LogP contribution < -0.4 is 10.1 Å². The van der Waals surface area contributed by atoms with Gasteiger partial charge in [-0.15, -0.1) is 0 Å². The molecule has 0 fully saturated rings. The van der Waals surface area contributed by atoms with Crippen molar-refractivity contribution in [3.8, 4) is 16.9 Å². The Hall–Kier alpha value is -1.87. The normalized spacial score (nSPS) is 12.2. The van der Waals surface area contributed by atoms with Crippen LogP contribution in [-0.2, 0) is 0 Å². The Bertz CT molecular complexity index is 551. The third kappa shape index (κ3) is 2.76. The topological polar surface area (TPSA) is 21.3 Å². The van der Waals surface area contributed by atoms with Crippen LogP contribution in [0.4, 0.5) is 4.39 Å². The summed E-state index contributed by atoms with van der Waals surface area (Å²) in [6.07, 6.45) is 0. The quantitative estimate of drug-likeness (QED) is 0.902. The zero-order valence-electron chi connectivity index (χ0n) is 11.4. The molecule has 100 valence electrons. The number of halogens is 1. The lowest BCUT2D eigenvalue weighted by Crippen LogP contribution is -2.11. The van der Waals surface area contributed by atoms with Crippen molar-refractivity contribution < 1.29 is 9.13 Å². The first-order valence-corrected chi connectivity index (χ1v) is 6.27. The van der Waals surface area contributed by atoms with E-state index in [9.17, 15) is 4.39 Å². The zero-order valence-corrected chi connectivity index (χ0v) is 11.4. The molecule has 1 N–H and O–H groups in total. The van der Waals surface area contributed by atoms with Gasteiger partial charge in [-0.2, -0.15) is 0 Å². The van der Waals surface area contributed by atoms with Crippen LogP contribution >= 0.6 is 0 Å². The molecule has 0 bridgehead atoms. The molecule has 0 radical (unpaired) electrons. The van der Waals surface area contributed by atoms with Crippen LogP contribution in [0.25, 0.3) is 11.1 Å².